The van der Waals surface area contributed by atoms with Gasteiger partial charge in [0.1, 0.15) is 0 Å². The molecular formula is C20H14ClN. The van der Waals surface area contributed by atoms with E-state index in [1.165, 1.54) is 21.5 Å². The molecule has 0 aliphatic heterocycles. The zero-order chi connectivity index (χ0) is 14.9. The lowest BCUT2D eigenvalue weighted by molar-refractivity contribution is 1.11. The predicted octanol–water partition coefficient (Wildman–Crippen LogP) is 5.63. The predicted molar refractivity (Wildman–Crippen MR) is 93.5 cm³/mol. The fraction of sp³-hybridized carbons (Fsp3) is 0.0500. The summed E-state index contributed by atoms with van der Waals surface area (Å²) in [6.45, 7) is 0. The molecule has 22 heavy (non-hydrogen) atoms. The molecule has 0 radical (unpaired) electrons. The number of benzene rings is 3. The lowest BCUT2D eigenvalue weighted by atomic mass is 9.98. The van der Waals surface area contributed by atoms with Crippen molar-refractivity contribution in [1.82, 2.24) is 4.98 Å². The molecule has 0 spiro atoms. The van der Waals surface area contributed by atoms with Crippen molar-refractivity contribution >= 4 is 33.1 Å². The Kier molecular flexibility index (Phi) is 3.28. The number of hydrogen-bond acceptors (Lipinski definition) is 1. The molecule has 4 rings (SSSR count). The van der Waals surface area contributed by atoms with Gasteiger partial charge < -0.3 is 0 Å². The SMILES string of the molecule is Clc1ccc2ccccc2c1Cc1nccc2ccccc12. The maximum atomic E-state index is 6.48. The normalized spacial score (nSPS) is 11.1. The second-order valence-electron chi connectivity index (χ2n) is 5.40. The van der Waals surface area contributed by atoms with Gasteiger partial charge in [0.25, 0.3) is 0 Å². The van der Waals surface area contributed by atoms with Crippen LogP contribution >= 0.6 is 11.6 Å². The second kappa shape index (κ2) is 5.43. The Labute approximate surface area is 134 Å². The van der Waals surface area contributed by atoms with Crippen molar-refractivity contribution in [3.63, 3.8) is 0 Å². The summed E-state index contributed by atoms with van der Waals surface area (Å²) in [5.41, 5.74) is 2.21. The summed E-state index contributed by atoms with van der Waals surface area (Å²) in [6.07, 6.45) is 2.61. The fourth-order valence-corrected chi connectivity index (χ4v) is 3.21. The molecule has 0 aliphatic carbocycles. The third-order valence-electron chi connectivity index (χ3n) is 4.08. The fourth-order valence-electron chi connectivity index (χ4n) is 2.98. The van der Waals surface area contributed by atoms with Crippen LogP contribution in [0.15, 0.2) is 72.9 Å². The summed E-state index contributed by atoms with van der Waals surface area (Å²) >= 11 is 6.48. The molecule has 0 N–H and O–H groups in total. The summed E-state index contributed by atoms with van der Waals surface area (Å²) in [5, 5.41) is 5.61. The Morgan fingerprint density at radius 2 is 1.41 bits per heavy atom. The molecule has 0 saturated carbocycles. The smallest absolute Gasteiger partial charge is 0.0526 e. The first-order valence-corrected chi connectivity index (χ1v) is 7.69. The topological polar surface area (TPSA) is 12.9 Å². The minimum atomic E-state index is 0.738. The Hall–Kier alpha value is -2.38. The van der Waals surface area contributed by atoms with E-state index in [2.05, 4.69) is 59.6 Å². The van der Waals surface area contributed by atoms with Gasteiger partial charge in [-0.2, -0.15) is 0 Å². The van der Waals surface area contributed by atoms with Gasteiger partial charge in [0, 0.05) is 23.0 Å². The summed E-state index contributed by atoms with van der Waals surface area (Å²) in [4.78, 5) is 4.59. The van der Waals surface area contributed by atoms with Gasteiger partial charge in [-0.3, -0.25) is 4.98 Å². The van der Waals surface area contributed by atoms with E-state index < -0.39 is 0 Å². The first-order chi connectivity index (χ1) is 10.8. The van der Waals surface area contributed by atoms with E-state index in [0.29, 0.717) is 0 Å². The molecule has 0 saturated heterocycles. The number of hydrogen-bond donors (Lipinski definition) is 0. The third kappa shape index (κ3) is 2.24. The minimum absolute atomic E-state index is 0.738. The minimum Gasteiger partial charge on any atom is -0.260 e. The first kappa shape index (κ1) is 13.3. The van der Waals surface area contributed by atoms with E-state index in [4.69, 9.17) is 11.6 Å². The van der Waals surface area contributed by atoms with Crippen molar-refractivity contribution in [2.45, 2.75) is 6.42 Å². The van der Waals surface area contributed by atoms with Crippen molar-refractivity contribution in [2.75, 3.05) is 0 Å². The Morgan fingerprint density at radius 3 is 2.23 bits per heavy atom. The van der Waals surface area contributed by atoms with Crippen molar-refractivity contribution in [3.05, 3.63) is 89.2 Å². The molecule has 0 aliphatic rings. The van der Waals surface area contributed by atoms with Gasteiger partial charge >= 0.3 is 0 Å². The number of nitrogens with zero attached hydrogens (tertiary/aromatic N) is 1. The van der Waals surface area contributed by atoms with Gasteiger partial charge in [-0.15, -0.1) is 0 Å². The zero-order valence-electron chi connectivity index (χ0n) is 12.0. The molecular weight excluding hydrogens is 290 g/mol. The van der Waals surface area contributed by atoms with Crippen LogP contribution in [0.3, 0.4) is 0 Å². The highest BCUT2D eigenvalue weighted by atomic mass is 35.5. The van der Waals surface area contributed by atoms with Crippen LogP contribution in [0.4, 0.5) is 0 Å². The summed E-state index contributed by atoms with van der Waals surface area (Å²) < 4.78 is 0. The van der Waals surface area contributed by atoms with Gasteiger partial charge in [-0.1, -0.05) is 66.2 Å². The molecule has 1 aromatic heterocycles. The number of fused-ring (bicyclic) bond motifs is 2. The van der Waals surface area contributed by atoms with E-state index in [-0.39, 0.29) is 0 Å². The van der Waals surface area contributed by atoms with Gasteiger partial charge in [-0.25, -0.2) is 0 Å². The quantitative estimate of drug-likeness (QED) is 0.467. The summed E-state index contributed by atoms with van der Waals surface area (Å²) in [6, 6.07) is 22.8. The first-order valence-electron chi connectivity index (χ1n) is 7.32. The van der Waals surface area contributed by atoms with Crippen LogP contribution in [-0.2, 0) is 6.42 Å². The molecule has 1 heterocycles. The number of aromatic nitrogens is 1. The Morgan fingerprint density at radius 1 is 0.727 bits per heavy atom. The van der Waals surface area contributed by atoms with Crippen LogP contribution in [0.25, 0.3) is 21.5 Å². The van der Waals surface area contributed by atoms with Crippen LogP contribution in [0, 0.1) is 0 Å². The van der Waals surface area contributed by atoms with Gasteiger partial charge in [0.15, 0.2) is 0 Å². The molecule has 0 atom stereocenters. The largest absolute Gasteiger partial charge is 0.260 e. The lowest BCUT2D eigenvalue weighted by Gasteiger charge is -2.10. The van der Waals surface area contributed by atoms with E-state index >= 15 is 0 Å². The van der Waals surface area contributed by atoms with Crippen molar-refractivity contribution in [3.8, 4) is 0 Å². The third-order valence-corrected chi connectivity index (χ3v) is 4.44. The highest BCUT2D eigenvalue weighted by molar-refractivity contribution is 6.32. The van der Waals surface area contributed by atoms with Crippen LogP contribution < -0.4 is 0 Å². The van der Waals surface area contributed by atoms with Crippen molar-refractivity contribution < 1.29 is 0 Å². The number of pyridine rings is 1. The number of halogens is 1. The van der Waals surface area contributed by atoms with Crippen molar-refractivity contribution in [1.29, 1.82) is 0 Å². The maximum Gasteiger partial charge on any atom is 0.0526 e. The highest BCUT2D eigenvalue weighted by Gasteiger charge is 2.10. The van der Waals surface area contributed by atoms with E-state index in [1.807, 2.05) is 18.3 Å². The highest BCUT2D eigenvalue weighted by Crippen LogP contribution is 2.29. The van der Waals surface area contributed by atoms with E-state index in [0.717, 1.165) is 22.7 Å². The molecule has 0 amide bonds. The molecule has 0 unspecified atom stereocenters. The molecule has 2 heteroatoms. The molecule has 0 bridgehead atoms. The van der Waals surface area contributed by atoms with Gasteiger partial charge in [0.2, 0.25) is 0 Å². The van der Waals surface area contributed by atoms with E-state index in [9.17, 15) is 0 Å². The van der Waals surface area contributed by atoms with Crippen LogP contribution in [0.2, 0.25) is 5.02 Å². The van der Waals surface area contributed by atoms with Crippen molar-refractivity contribution in [2.24, 2.45) is 0 Å². The monoisotopic (exact) mass is 303 g/mol. The Balaban J connectivity index is 1.91. The van der Waals surface area contributed by atoms with E-state index in [1.54, 1.807) is 0 Å². The molecule has 0 fully saturated rings. The summed E-state index contributed by atoms with van der Waals surface area (Å²) in [5.74, 6) is 0. The average Bonchev–Trinajstić information content (AvgIpc) is 2.58. The zero-order valence-corrected chi connectivity index (χ0v) is 12.7. The van der Waals surface area contributed by atoms with Gasteiger partial charge in [0.05, 0.1) is 5.69 Å². The standard InChI is InChI=1S/C20H14ClN/c21-19-10-9-14-5-1-3-7-16(14)18(19)13-20-17-8-4-2-6-15(17)11-12-22-20/h1-12H,13H2. The van der Waals surface area contributed by atoms with Crippen LogP contribution in [0.5, 0.6) is 0 Å². The Bertz CT molecular complexity index is 970. The molecule has 106 valence electrons. The van der Waals surface area contributed by atoms with Crippen LogP contribution in [-0.4, -0.2) is 4.98 Å². The van der Waals surface area contributed by atoms with Gasteiger partial charge in [-0.05, 0) is 33.9 Å². The molecule has 1 nitrogen and oxygen atoms in total. The number of rotatable bonds is 2. The summed E-state index contributed by atoms with van der Waals surface area (Å²) in [7, 11) is 0. The molecule has 4 aromatic rings. The lowest BCUT2D eigenvalue weighted by Crippen LogP contribution is -1.96. The second-order valence-corrected chi connectivity index (χ2v) is 5.81. The molecule has 3 aromatic carbocycles. The van der Waals surface area contributed by atoms with Crippen LogP contribution in [0.1, 0.15) is 11.3 Å². The maximum absolute atomic E-state index is 6.48. The average molecular weight is 304 g/mol.